The molecule has 0 spiro atoms. The van der Waals surface area contributed by atoms with Crippen molar-refractivity contribution in [3.05, 3.63) is 24.3 Å². The first-order valence-electron chi connectivity index (χ1n) is 13.1. The molecule has 0 atom stereocenters. The van der Waals surface area contributed by atoms with Gasteiger partial charge < -0.3 is 9.47 Å². The van der Waals surface area contributed by atoms with E-state index in [1.54, 1.807) is 0 Å². The third kappa shape index (κ3) is 14.1. The maximum atomic E-state index is 11.9. The van der Waals surface area contributed by atoms with E-state index in [4.69, 9.17) is 15.1 Å². The van der Waals surface area contributed by atoms with Crippen molar-refractivity contribution in [2.24, 2.45) is 0 Å². The van der Waals surface area contributed by atoms with Gasteiger partial charge in [-0.1, -0.05) is 13.2 Å². The van der Waals surface area contributed by atoms with Crippen LogP contribution in [0.1, 0.15) is 28.8 Å². The average molecular weight is 583 g/mol. The Hall–Kier alpha value is -2.63. The molecule has 0 bridgehead atoms. The molecule has 4 nitrogen and oxygen atoms in total. The van der Waals surface area contributed by atoms with E-state index in [1.165, 1.54) is 0 Å². The number of halogens is 15. The van der Waals surface area contributed by atoms with Gasteiger partial charge in [0.25, 0.3) is 0 Å². The van der Waals surface area contributed by atoms with Gasteiger partial charge in [0, 0.05) is 19.4 Å². The van der Waals surface area contributed by atoms with Crippen LogP contribution in [0.25, 0.3) is 0 Å². The first-order valence-corrected chi connectivity index (χ1v) is 7.19. The van der Waals surface area contributed by atoms with Gasteiger partial charge in [0.1, 0.15) is 4.11 Å². The maximum absolute atomic E-state index is 11.9. The van der Waals surface area contributed by atoms with E-state index in [0.29, 0.717) is 0 Å². The maximum Gasteiger partial charge on any atom is 0.459 e. The van der Waals surface area contributed by atoms with Crippen LogP contribution in [0.15, 0.2) is 24.3 Å². The predicted octanol–water partition coefficient (Wildman–Crippen LogP) is 6.71. The van der Waals surface area contributed by atoms with Crippen LogP contribution >= 0.6 is 0 Å². The third-order valence-corrected chi connectivity index (χ3v) is 2.22. The SMILES string of the molecule is [2H]C(F)(F)C(F)(F)C(F)(F)C([2H])(F)F.[2H]C(F)(F)C(F)(F)C(F)(F)F.[2H]COC(=O)C(=C)C([2H])([2H])[2H].[2H]COC(=O)C(=C)C([2H])([2H])[2H]. The zero-order valence-corrected chi connectivity index (χ0v) is 16.6. The van der Waals surface area contributed by atoms with E-state index in [-0.39, 0.29) is 0 Å². The molecule has 0 unspecified atom stereocenters. The molecule has 0 aliphatic carbocycles. The average Bonchev–Trinajstić information content (AvgIpc) is 2.80. The van der Waals surface area contributed by atoms with Crippen LogP contribution in [0.2, 0.25) is 0 Å². The van der Waals surface area contributed by atoms with Crippen molar-refractivity contribution in [2.45, 2.75) is 56.9 Å². The molecule has 0 aliphatic heterocycles. The van der Waals surface area contributed by atoms with Gasteiger partial charge in [0.2, 0.25) is 0 Å². The van der Waals surface area contributed by atoms with E-state index >= 15 is 0 Å². The zero-order valence-electron chi connectivity index (χ0n) is 27.6. The molecule has 36 heavy (non-hydrogen) atoms. The molecule has 19 heteroatoms. The lowest BCUT2D eigenvalue weighted by Crippen LogP contribution is -2.51. The molecular weight excluding hydrogens is 553 g/mol. The molecule has 0 radical (unpaired) electrons. The molecular formula is C17H19F15O4. The van der Waals surface area contributed by atoms with Crippen molar-refractivity contribution >= 4 is 11.9 Å². The Labute approximate surface area is 209 Å². The number of methoxy groups -OCH3 is 2. The minimum Gasteiger partial charge on any atom is -0.466 e. The lowest BCUT2D eigenvalue weighted by atomic mass is 10.2. The molecule has 0 N–H and O–H groups in total. The van der Waals surface area contributed by atoms with Crippen LogP contribution in [0.5, 0.6) is 0 Å². The fourth-order valence-electron chi connectivity index (χ4n) is 0.519. The quantitative estimate of drug-likeness (QED) is 0.198. The molecule has 0 amide bonds. The summed E-state index contributed by atoms with van der Waals surface area (Å²) in [4.78, 5) is 21.2. The fraction of sp³-hybridized carbons (Fsp3) is 0.647. The Morgan fingerprint density at radius 3 is 1.00 bits per heavy atom. The van der Waals surface area contributed by atoms with Gasteiger partial charge in [0.05, 0.1) is 16.9 Å². The smallest absolute Gasteiger partial charge is 0.459 e. The number of carbonyl (C=O) groups is 2. The minimum absolute atomic E-state index is 0.589. The van der Waals surface area contributed by atoms with Crippen molar-refractivity contribution in [1.29, 1.82) is 0 Å². The molecule has 0 saturated heterocycles. The number of carbonyl (C=O) groups excluding carboxylic acids is 2. The van der Waals surface area contributed by atoms with Crippen LogP contribution in [0.3, 0.4) is 0 Å². The molecule has 216 valence electrons. The largest absolute Gasteiger partial charge is 0.466 e. The number of esters is 2. The number of ether oxygens (including phenoxy) is 2. The third-order valence-electron chi connectivity index (χ3n) is 2.22. The summed E-state index contributed by atoms with van der Waals surface area (Å²) in [5.74, 6) is -21.6. The van der Waals surface area contributed by atoms with E-state index in [0.717, 1.165) is 0 Å². The summed E-state index contributed by atoms with van der Waals surface area (Å²) in [7, 11) is -1.18. The first-order chi connectivity index (χ1) is 20.0. The van der Waals surface area contributed by atoms with Crippen molar-refractivity contribution in [2.75, 3.05) is 14.2 Å². The molecule has 0 saturated carbocycles. The van der Waals surface area contributed by atoms with Gasteiger partial charge >= 0.3 is 55.1 Å². The van der Waals surface area contributed by atoms with Crippen molar-refractivity contribution in [3.8, 4) is 0 Å². The molecule has 0 fully saturated rings. The topological polar surface area (TPSA) is 52.6 Å². The molecule has 0 aromatic carbocycles. The van der Waals surface area contributed by atoms with Gasteiger partial charge in [-0.3, -0.25) is 0 Å². The number of rotatable bonds is 6. The Balaban J connectivity index is -0.000000264. The van der Waals surface area contributed by atoms with Gasteiger partial charge in [-0.15, -0.1) is 0 Å². The van der Waals surface area contributed by atoms with E-state index in [9.17, 15) is 75.4 Å². The lowest BCUT2D eigenvalue weighted by molar-refractivity contribution is -0.320. The standard InChI is InChI=1S/2C5H8O2.C4H2F8.C3HF7/c2*1-4(2)5(6)7-3;5-1(6)3(9,10)4(11,12)2(7)8;4-1(5)2(6,7)3(8,9)10/h2*1H2,2-3H3;1-2H;1H/i2*2D3,3D;1D,2D;1D. The number of hydrogen-bond donors (Lipinski definition) is 0. The Bertz CT molecular complexity index is 965. The van der Waals surface area contributed by atoms with Gasteiger partial charge in [-0.05, 0) is 13.7 Å². The van der Waals surface area contributed by atoms with E-state index < -0.39 is 94.1 Å². The monoisotopic (exact) mass is 583 g/mol. The summed E-state index contributed by atoms with van der Waals surface area (Å²) in [6.45, 7) is 1.01. The molecule has 0 heterocycles. The summed E-state index contributed by atoms with van der Waals surface area (Å²) in [5, 5.41) is 0. The van der Waals surface area contributed by atoms with E-state index in [2.05, 4.69) is 22.6 Å². The second-order valence-electron chi connectivity index (χ2n) is 4.82. The lowest BCUT2D eigenvalue weighted by Gasteiger charge is -2.24. The van der Waals surface area contributed by atoms with Crippen LogP contribution in [-0.4, -0.2) is 69.3 Å². The minimum atomic E-state index is -6.62. The van der Waals surface area contributed by atoms with E-state index in [1.807, 2.05) is 0 Å². The van der Waals surface area contributed by atoms with Crippen LogP contribution in [0, 0.1) is 0 Å². The first kappa shape index (κ1) is 21.5. The second-order valence-corrected chi connectivity index (χ2v) is 4.82. The van der Waals surface area contributed by atoms with Gasteiger partial charge in [0.15, 0.2) is 0 Å². The Morgan fingerprint density at radius 2 is 0.889 bits per heavy atom. The summed E-state index contributed by atoms with van der Waals surface area (Å²) < 4.78 is 249. The normalized spacial score (nSPS) is 17.8. The predicted molar refractivity (Wildman–Crippen MR) is 92.6 cm³/mol. The van der Waals surface area contributed by atoms with Gasteiger partial charge in [-0.2, -0.15) is 39.5 Å². The number of alkyl halides is 15. The highest BCUT2D eigenvalue weighted by atomic mass is 19.4. The van der Waals surface area contributed by atoms with Crippen molar-refractivity contribution in [3.63, 3.8) is 0 Å². The highest BCUT2D eigenvalue weighted by Gasteiger charge is 2.68. The number of hydrogen-bond acceptors (Lipinski definition) is 4. The Morgan fingerprint density at radius 1 is 0.639 bits per heavy atom. The Kier molecular flexibility index (Phi) is 9.64. The highest BCUT2D eigenvalue weighted by molar-refractivity contribution is 5.87. The van der Waals surface area contributed by atoms with Crippen LogP contribution < -0.4 is 0 Å². The molecule has 0 rings (SSSR count). The summed E-state index contributed by atoms with van der Waals surface area (Å²) in [6.07, 6.45) is -24.4. The zero-order chi connectivity index (χ0) is 39.6. The van der Waals surface area contributed by atoms with Crippen molar-refractivity contribution < 1.29 is 100.0 Å². The van der Waals surface area contributed by atoms with Crippen molar-refractivity contribution in [1.82, 2.24) is 0 Å². The second kappa shape index (κ2) is 16.2. The van der Waals surface area contributed by atoms with Gasteiger partial charge in [-0.25, -0.2) is 35.9 Å². The highest BCUT2D eigenvalue weighted by Crippen LogP contribution is 2.43. The molecule has 0 aromatic rings. The fourth-order valence-corrected chi connectivity index (χ4v) is 0.519. The van der Waals surface area contributed by atoms with Crippen LogP contribution in [-0.2, 0) is 19.1 Å². The summed E-state index contributed by atoms with van der Waals surface area (Å²) in [5.41, 5.74) is -1.19. The summed E-state index contributed by atoms with van der Waals surface area (Å²) >= 11 is 0. The summed E-state index contributed by atoms with van der Waals surface area (Å²) in [6, 6.07) is 0. The molecule has 0 aliphatic rings. The van der Waals surface area contributed by atoms with Crippen LogP contribution in [0.4, 0.5) is 65.9 Å². The molecule has 0 aromatic heterocycles.